The molecule has 1 aliphatic heterocycles. The molecular weight excluding hydrogens is 262 g/mol. The van der Waals surface area contributed by atoms with Gasteiger partial charge in [0.1, 0.15) is 5.75 Å². The average molecular weight is 291 g/mol. The van der Waals surface area contributed by atoms with Crippen molar-refractivity contribution >= 4 is 0 Å². The summed E-state index contributed by atoms with van der Waals surface area (Å²) in [6.45, 7) is 9.76. The van der Waals surface area contributed by atoms with E-state index in [0.29, 0.717) is 5.92 Å². The first-order valence-corrected chi connectivity index (χ1v) is 7.80. The summed E-state index contributed by atoms with van der Waals surface area (Å²) in [7, 11) is 3.87. The Morgan fingerprint density at radius 2 is 1.71 bits per heavy atom. The molecule has 0 amide bonds. The molecule has 1 aromatic rings. The lowest BCUT2D eigenvalue weighted by Gasteiger charge is -2.41. The Kier molecular flexibility index (Phi) is 5.25. The number of nitrogens with zero attached hydrogens (tertiary/aromatic N) is 2. The lowest BCUT2D eigenvalue weighted by atomic mass is 9.80. The molecule has 1 heterocycles. The highest BCUT2D eigenvalue weighted by atomic mass is 16.5. The molecule has 118 valence electrons. The van der Waals surface area contributed by atoms with Gasteiger partial charge in [0.15, 0.2) is 0 Å². The molecule has 1 aromatic carbocycles. The first-order chi connectivity index (χ1) is 9.95. The maximum absolute atomic E-state index is 6.82. The molecule has 0 radical (unpaired) electrons. The molecule has 2 N–H and O–H groups in total. The summed E-state index contributed by atoms with van der Waals surface area (Å²) >= 11 is 0. The fraction of sp³-hybridized carbons (Fsp3) is 0.647. The van der Waals surface area contributed by atoms with Gasteiger partial charge in [0.25, 0.3) is 0 Å². The van der Waals surface area contributed by atoms with Crippen molar-refractivity contribution in [3.05, 3.63) is 29.8 Å². The molecule has 1 atom stereocenters. The van der Waals surface area contributed by atoms with Crippen molar-refractivity contribution in [3.8, 4) is 5.75 Å². The number of nitrogens with two attached hydrogens (primary N) is 1. The summed E-state index contributed by atoms with van der Waals surface area (Å²) in [6, 6.07) is 8.22. The van der Waals surface area contributed by atoms with Crippen LogP contribution in [0.3, 0.4) is 0 Å². The second-order valence-corrected chi connectivity index (χ2v) is 6.50. The zero-order valence-electron chi connectivity index (χ0n) is 13.8. The zero-order chi connectivity index (χ0) is 15.5. The number of piperazine rings is 1. The maximum Gasteiger partial charge on any atom is 0.118 e. The lowest BCUT2D eigenvalue weighted by molar-refractivity contribution is 0.110. The minimum absolute atomic E-state index is 0.317. The van der Waals surface area contributed by atoms with Crippen molar-refractivity contribution in [1.82, 2.24) is 9.80 Å². The summed E-state index contributed by atoms with van der Waals surface area (Å²) in [5.74, 6) is 1.26. The highest BCUT2D eigenvalue weighted by Gasteiger charge is 2.34. The van der Waals surface area contributed by atoms with Gasteiger partial charge < -0.3 is 15.4 Å². The van der Waals surface area contributed by atoms with E-state index in [1.54, 1.807) is 7.11 Å². The van der Waals surface area contributed by atoms with Gasteiger partial charge in [0.2, 0.25) is 0 Å². The smallest absolute Gasteiger partial charge is 0.118 e. The van der Waals surface area contributed by atoms with Gasteiger partial charge in [0.05, 0.1) is 12.6 Å². The first kappa shape index (κ1) is 16.3. The molecule has 0 aliphatic carbocycles. The molecule has 0 bridgehead atoms. The van der Waals surface area contributed by atoms with E-state index >= 15 is 0 Å². The molecule has 0 aromatic heterocycles. The monoisotopic (exact) mass is 291 g/mol. The van der Waals surface area contributed by atoms with Crippen molar-refractivity contribution in [1.29, 1.82) is 0 Å². The van der Waals surface area contributed by atoms with E-state index in [4.69, 9.17) is 10.5 Å². The third-order valence-corrected chi connectivity index (χ3v) is 4.74. The molecule has 1 saturated heterocycles. The van der Waals surface area contributed by atoms with Gasteiger partial charge in [0, 0.05) is 32.7 Å². The van der Waals surface area contributed by atoms with Crippen molar-refractivity contribution in [3.63, 3.8) is 0 Å². The predicted molar refractivity (Wildman–Crippen MR) is 87.6 cm³/mol. The maximum atomic E-state index is 6.82. The van der Waals surface area contributed by atoms with Crippen LogP contribution in [0.15, 0.2) is 24.3 Å². The number of benzene rings is 1. The Bertz CT molecular complexity index is 438. The van der Waals surface area contributed by atoms with Crippen LogP contribution in [0.25, 0.3) is 0 Å². The number of methoxy groups -OCH3 is 1. The van der Waals surface area contributed by atoms with Crippen LogP contribution in [-0.4, -0.2) is 56.7 Å². The van der Waals surface area contributed by atoms with E-state index in [2.05, 4.69) is 42.8 Å². The first-order valence-electron chi connectivity index (χ1n) is 7.80. The summed E-state index contributed by atoms with van der Waals surface area (Å²) in [6.07, 6.45) is 0. The molecular formula is C17H29N3O. The van der Waals surface area contributed by atoms with Gasteiger partial charge in [-0.25, -0.2) is 0 Å². The summed E-state index contributed by atoms with van der Waals surface area (Å²) < 4.78 is 5.25. The molecule has 0 spiro atoms. The number of rotatable bonds is 5. The van der Waals surface area contributed by atoms with Crippen molar-refractivity contribution in [2.24, 2.45) is 11.7 Å². The van der Waals surface area contributed by atoms with Gasteiger partial charge in [-0.1, -0.05) is 26.0 Å². The Balaban J connectivity index is 2.15. The van der Waals surface area contributed by atoms with Gasteiger partial charge in [-0.15, -0.1) is 0 Å². The summed E-state index contributed by atoms with van der Waals surface area (Å²) in [5.41, 5.74) is 7.70. The van der Waals surface area contributed by atoms with E-state index in [1.165, 1.54) is 5.56 Å². The van der Waals surface area contributed by atoms with Gasteiger partial charge in [-0.3, -0.25) is 4.90 Å². The van der Waals surface area contributed by atoms with Crippen LogP contribution in [0.5, 0.6) is 5.75 Å². The number of hydrogen-bond donors (Lipinski definition) is 1. The number of likely N-dealkylation sites (N-methyl/N-ethyl adjacent to an activating group) is 1. The predicted octanol–water partition coefficient (Wildman–Crippen LogP) is 1.75. The highest BCUT2D eigenvalue weighted by Crippen LogP contribution is 2.29. The van der Waals surface area contributed by atoms with E-state index in [0.717, 1.165) is 38.5 Å². The fourth-order valence-electron chi connectivity index (χ4n) is 2.88. The van der Waals surface area contributed by atoms with Crippen LogP contribution in [0.1, 0.15) is 19.4 Å². The number of hydrogen-bond acceptors (Lipinski definition) is 4. The third kappa shape index (κ3) is 3.76. The van der Waals surface area contributed by atoms with Crippen molar-refractivity contribution in [2.45, 2.75) is 19.4 Å². The minimum Gasteiger partial charge on any atom is -0.497 e. The Hall–Kier alpha value is -1.10. The van der Waals surface area contributed by atoms with E-state index in [1.807, 2.05) is 12.1 Å². The lowest BCUT2D eigenvalue weighted by Crippen LogP contribution is -2.55. The van der Waals surface area contributed by atoms with Crippen LogP contribution >= 0.6 is 0 Å². The third-order valence-electron chi connectivity index (χ3n) is 4.74. The van der Waals surface area contributed by atoms with E-state index in [-0.39, 0.29) is 5.54 Å². The standard InChI is InChI=1S/C17H29N3O/c1-14(2)17(18,13-20-11-9-19(3)10-12-20)15-5-7-16(21-4)8-6-15/h5-8,14H,9-13,18H2,1-4H3. The molecule has 1 fully saturated rings. The fourth-order valence-corrected chi connectivity index (χ4v) is 2.88. The molecule has 0 saturated carbocycles. The van der Waals surface area contributed by atoms with Crippen LogP contribution in [0, 0.1) is 5.92 Å². The second-order valence-electron chi connectivity index (χ2n) is 6.50. The van der Waals surface area contributed by atoms with E-state index < -0.39 is 0 Å². The van der Waals surface area contributed by atoms with Crippen LogP contribution in [0.4, 0.5) is 0 Å². The number of ether oxygens (including phenoxy) is 1. The van der Waals surface area contributed by atoms with Crippen molar-refractivity contribution in [2.75, 3.05) is 46.9 Å². The Morgan fingerprint density at radius 3 is 2.19 bits per heavy atom. The largest absolute Gasteiger partial charge is 0.497 e. The molecule has 2 rings (SSSR count). The zero-order valence-corrected chi connectivity index (χ0v) is 13.8. The van der Waals surface area contributed by atoms with Crippen LogP contribution in [-0.2, 0) is 5.54 Å². The molecule has 4 heteroatoms. The average Bonchev–Trinajstić information content (AvgIpc) is 2.49. The summed E-state index contributed by atoms with van der Waals surface area (Å²) in [5, 5.41) is 0. The molecule has 1 aliphatic rings. The van der Waals surface area contributed by atoms with Crippen molar-refractivity contribution < 1.29 is 4.74 Å². The highest BCUT2D eigenvalue weighted by molar-refractivity contribution is 5.32. The van der Waals surface area contributed by atoms with Gasteiger partial charge in [-0.05, 0) is 30.7 Å². The minimum atomic E-state index is -0.317. The topological polar surface area (TPSA) is 41.7 Å². The second kappa shape index (κ2) is 6.77. The SMILES string of the molecule is COc1ccc(C(N)(CN2CCN(C)CC2)C(C)C)cc1. The van der Waals surface area contributed by atoms with Gasteiger partial charge >= 0.3 is 0 Å². The Labute approximate surface area is 128 Å². The quantitative estimate of drug-likeness (QED) is 0.897. The Morgan fingerprint density at radius 1 is 1.14 bits per heavy atom. The van der Waals surface area contributed by atoms with Gasteiger partial charge in [-0.2, -0.15) is 0 Å². The van der Waals surface area contributed by atoms with Crippen LogP contribution in [0.2, 0.25) is 0 Å². The molecule has 1 unspecified atom stereocenters. The molecule has 21 heavy (non-hydrogen) atoms. The normalized spacial score (nSPS) is 20.5. The van der Waals surface area contributed by atoms with E-state index in [9.17, 15) is 0 Å². The van der Waals surface area contributed by atoms with Crippen LogP contribution < -0.4 is 10.5 Å². The summed E-state index contributed by atoms with van der Waals surface area (Å²) in [4.78, 5) is 4.86. The molecule has 4 nitrogen and oxygen atoms in total.